The van der Waals surface area contributed by atoms with E-state index in [1.165, 1.54) is 24.3 Å². The van der Waals surface area contributed by atoms with Crippen molar-refractivity contribution in [3.05, 3.63) is 59.7 Å². The van der Waals surface area contributed by atoms with Crippen molar-refractivity contribution in [1.82, 2.24) is 14.4 Å². The molecule has 2 aromatic rings. The Morgan fingerprint density at radius 2 is 1.89 bits per heavy atom. The van der Waals surface area contributed by atoms with Gasteiger partial charge in [-0.25, -0.2) is 4.39 Å². The maximum absolute atomic E-state index is 13.2. The zero-order chi connectivity index (χ0) is 20.3. The average molecular weight is 385 g/mol. The fraction of sp³-hybridized carbons (Fsp3) is 0.455. The summed E-state index contributed by atoms with van der Waals surface area (Å²) in [6.07, 6.45) is 4.71. The molecular formula is C22H28FN3O2. The summed E-state index contributed by atoms with van der Waals surface area (Å²) in [4.78, 5) is 29.6. The number of aromatic nitrogens is 1. The third-order valence-corrected chi connectivity index (χ3v) is 5.47. The van der Waals surface area contributed by atoms with Gasteiger partial charge in [0.05, 0.1) is 6.54 Å². The fourth-order valence-electron chi connectivity index (χ4n) is 3.29. The van der Waals surface area contributed by atoms with E-state index in [0.29, 0.717) is 12.1 Å². The predicted molar refractivity (Wildman–Crippen MR) is 106 cm³/mol. The first kappa shape index (κ1) is 20.1. The minimum atomic E-state index is -0.384. The van der Waals surface area contributed by atoms with Crippen LogP contribution in [0, 0.1) is 5.82 Å². The first-order chi connectivity index (χ1) is 13.4. The molecule has 1 atom stereocenters. The second-order valence-electron chi connectivity index (χ2n) is 7.56. The van der Waals surface area contributed by atoms with Crippen molar-refractivity contribution in [1.29, 1.82) is 0 Å². The minimum Gasteiger partial charge on any atom is -0.353 e. The van der Waals surface area contributed by atoms with Gasteiger partial charge in [-0.2, -0.15) is 0 Å². The van der Waals surface area contributed by atoms with Crippen molar-refractivity contribution >= 4 is 11.8 Å². The van der Waals surface area contributed by atoms with Crippen LogP contribution in [-0.2, 0) is 18.4 Å². The summed E-state index contributed by atoms with van der Waals surface area (Å²) in [6, 6.07) is 9.64. The normalized spacial score (nSPS) is 14.6. The second-order valence-corrected chi connectivity index (χ2v) is 7.56. The zero-order valence-electron chi connectivity index (χ0n) is 16.8. The largest absolute Gasteiger partial charge is 0.353 e. The first-order valence-corrected chi connectivity index (χ1v) is 9.87. The maximum atomic E-state index is 13.2. The van der Waals surface area contributed by atoms with E-state index in [1.807, 2.05) is 48.7 Å². The molecule has 2 amide bonds. The third kappa shape index (κ3) is 4.61. The number of rotatable bonds is 8. The van der Waals surface area contributed by atoms with Gasteiger partial charge in [-0.1, -0.05) is 6.92 Å². The number of amides is 2. The Kier molecular flexibility index (Phi) is 6.17. The summed E-state index contributed by atoms with van der Waals surface area (Å²) in [5, 5.41) is 0. The Bertz CT molecular complexity index is 827. The number of benzene rings is 1. The van der Waals surface area contributed by atoms with Crippen LogP contribution in [0.5, 0.6) is 0 Å². The number of hydrogen-bond acceptors (Lipinski definition) is 2. The van der Waals surface area contributed by atoms with Crippen molar-refractivity contribution in [3.63, 3.8) is 0 Å². The smallest absolute Gasteiger partial charge is 0.254 e. The first-order valence-electron chi connectivity index (χ1n) is 9.87. The van der Waals surface area contributed by atoms with Gasteiger partial charge in [0, 0.05) is 36.6 Å². The van der Waals surface area contributed by atoms with Crippen molar-refractivity contribution in [2.75, 3.05) is 6.54 Å². The molecule has 0 aliphatic heterocycles. The van der Waals surface area contributed by atoms with Crippen LogP contribution < -0.4 is 0 Å². The molecule has 5 nitrogen and oxygen atoms in total. The molecule has 3 rings (SSSR count). The van der Waals surface area contributed by atoms with Crippen LogP contribution in [0.3, 0.4) is 0 Å². The van der Waals surface area contributed by atoms with Crippen molar-refractivity contribution in [3.8, 4) is 0 Å². The van der Waals surface area contributed by atoms with Gasteiger partial charge in [-0.05, 0) is 62.6 Å². The van der Waals surface area contributed by atoms with E-state index in [1.54, 1.807) is 4.90 Å². The lowest BCUT2D eigenvalue weighted by Crippen LogP contribution is -2.47. The Morgan fingerprint density at radius 3 is 2.43 bits per heavy atom. The van der Waals surface area contributed by atoms with E-state index in [4.69, 9.17) is 0 Å². The van der Waals surface area contributed by atoms with Crippen LogP contribution in [0.15, 0.2) is 42.6 Å². The van der Waals surface area contributed by atoms with Crippen LogP contribution in [-0.4, -0.2) is 44.8 Å². The molecule has 1 saturated carbocycles. The van der Waals surface area contributed by atoms with Gasteiger partial charge in [-0.3, -0.25) is 9.59 Å². The van der Waals surface area contributed by atoms with Crippen LogP contribution in [0.1, 0.15) is 49.2 Å². The SMILES string of the molecule is CC[C@@H](C)N(CC(=O)N(Cc1cccn1C)C1CC1)C(=O)c1ccc(F)cc1. The van der Waals surface area contributed by atoms with Gasteiger partial charge in [0.2, 0.25) is 5.91 Å². The molecule has 1 fully saturated rings. The highest BCUT2D eigenvalue weighted by atomic mass is 19.1. The number of nitrogens with zero attached hydrogens (tertiary/aromatic N) is 3. The second kappa shape index (κ2) is 8.59. The van der Waals surface area contributed by atoms with Crippen LogP contribution in [0.25, 0.3) is 0 Å². The molecule has 1 aromatic carbocycles. The molecule has 1 aromatic heterocycles. The highest BCUT2D eigenvalue weighted by Gasteiger charge is 2.35. The molecule has 0 bridgehead atoms. The molecule has 6 heteroatoms. The highest BCUT2D eigenvalue weighted by Crippen LogP contribution is 2.29. The van der Waals surface area contributed by atoms with Crippen molar-refractivity contribution < 1.29 is 14.0 Å². The van der Waals surface area contributed by atoms with E-state index in [9.17, 15) is 14.0 Å². The standard InChI is InChI=1S/C22H28FN3O2/c1-4-16(2)25(22(28)17-7-9-18(23)10-8-17)15-21(27)26(19-11-12-19)14-20-6-5-13-24(20)3/h5-10,13,16,19H,4,11-12,14-15H2,1-3H3/t16-/m1/s1. The molecule has 0 spiro atoms. The summed E-state index contributed by atoms with van der Waals surface area (Å²) < 4.78 is 15.2. The summed E-state index contributed by atoms with van der Waals surface area (Å²) in [7, 11) is 1.97. The van der Waals surface area contributed by atoms with Crippen LogP contribution in [0.4, 0.5) is 4.39 Å². The topological polar surface area (TPSA) is 45.6 Å². The van der Waals surface area contributed by atoms with E-state index in [-0.39, 0.29) is 36.3 Å². The zero-order valence-corrected chi connectivity index (χ0v) is 16.8. The van der Waals surface area contributed by atoms with E-state index >= 15 is 0 Å². The van der Waals surface area contributed by atoms with Gasteiger partial charge in [-0.15, -0.1) is 0 Å². The number of hydrogen-bond donors (Lipinski definition) is 0. The molecule has 0 radical (unpaired) electrons. The predicted octanol–water partition coefficient (Wildman–Crippen LogP) is 3.60. The quantitative estimate of drug-likeness (QED) is 0.697. The number of halogens is 1. The number of carbonyl (C=O) groups is 2. The molecule has 0 N–H and O–H groups in total. The average Bonchev–Trinajstić information content (AvgIpc) is 3.45. The third-order valence-electron chi connectivity index (χ3n) is 5.47. The summed E-state index contributed by atoms with van der Waals surface area (Å²) in [5.41, 5.74) is 1.47. The highest BCUT2D eigenvalue weighted by molar-refractivity contribution is 5.96. The number of carbonyl (C=O) groups excluding carboxylic acids is 2. The molecule has 0 unspecified atom stereocenters. The van der Waals surface area contributed by atoms with E-state index < -0.39 is 0 Å². The molecule has 1 aliphatic carbocycles. The van der Waals surface area contributed by atoms with Gasteiger partial charge in [0.25, 0.3) is 5.91 Å². The molecule has 1 heterocycles. The monoisotopic (exact) mass is 385 g/mol. The summed E-state index contributed by atoms with van der Waals surface area (Å²) in [5.74, 6) is -0.665. The van der Waals surface area contributed by atoms with Crippen molar-refractivity contribution in [2.24, 2.45) is 7.05 Å². The van der Waals surface area contributed by atoms with Gasteiger partial charge >= 0.3 is 0 Å². The Morgan fingerprint density at radius 1 is 1.21 bits per heavy atom. The van der Waals surface area contributed by atoms with E-state index in [0.717, 1.165) is 25.0 Å². The molecular weight excluding hydrogens is 357 g/mol. The molecule has 150 valence electrons. The minimum absolute atomic E-state index is 0.0339. The van der Waals surface area contributed by atoms with Gasteiger partial charge < -0.3 is 14.4 Å². The lowest BCUT2D eigenvalue weighted by Gasteiger charge is -2.31. The maximum Gasteiger partial charge on any atom is 0.254 e. The van der Waals surface area contributed by atoms with Crippen molar-refractivity contribution in [2.45, 2.75) is 51.7 Å². The Labute approximate surface area is 165 Å². The summed E-state index contributed by atoms with van der Waals surface area (Å²) >= 11 is 0. The Balaban J connectivity index is 1.77. The summed E-state index contributed by atoms with van der Waals surface area (Å²) in [6.45, 7) is 4.51. The molecule has 1 aliphatic rings. The van der Waals surface area contributed by atoms with Crippen LogP contribution >= 0.6 is 0 Å². The fourth-order valence-corrected chi connectivity index (χ4v) is 3.29. The Hall–Kier alpha value is -2.63. The number of aryl methyl sites for hydroxylation is 1. The van der Waals surface area contributed by atoms with Gasteiger partial charge in [0.1, 0.15) is 12.4 Å². The lowest BCUT2D eigenvalue weighted by molar-refractivity contribution is -0.133. The molecule has 28 heavy (non-hydrogen) atoms. The molecule has 0 saturated heterocycles. The van der Waals surface area contributed by atoms with Gasteiger partial charge in [0.15, 0.2) is 0 Å². The lowest BCUT2D eigenvalue weighted by atomic mass is 10.1. The van der Waals surface area contributed by atoms with Crippen LogP contribution in [0.2, 0.25) is 0 Å². The van der Waals surface area contributed by atoms with E-state index in [2.05, 4.69) is 0 Å².